The van der Waals surface area contributed by atoms with Crippen LogP contribution in [0, 0.1) is 11.3 Å². The first-order chi connectivity index (χ1) is 14.1. The summed E-state index contributed by atoms with van der Waals surface area (Å²) in [5.74, 6) is 0.0792. The molecular formula is C22H19N5O2. The Morgan fingerprint density at radius 3 is 2.52 bits per heavy atom. The Labute approximate surface area is 167 Å². The summed E-state index contributed by atoms with van der Waals surface area (Å²) in [6, 6.07) is 17.2. The molecule has 7 nitrogen and oxygen atoms in total. The number of fused-ring (bicyclic) bond motifs is 1. The van der Waals surface area contributed by atoms with E-state index in [1.165, 1.54) is 0 Å². The number of benzene rings is 2. The van der Waals surface area contributed by atoms with Crippen molar-refractivity contribution in [2.45, 2.75) is 26.2 Å². The lowest BCUT2D eigenvalue weighted by atomic mass is 9.97. The smallest absolute Gasteiger partial charge is 0.323 e. The van der Waals surface area contributed by atoms with Crippen LogP contribution in [0.15, 0.2) is 48.5 Å². The summed E-state index contributed by atoms with van der Waals surface area (Å²) in [6.07, 6.45) is 1.99. The van der Waals surface area contributed by atoms with E-state index in [0.717, 1.165) is 33.2 Å². The third-order valence-electron chi connectivity index (χ3n) is 4.87. The Morgan fingerprint density at radius 1 is 1.03 bits per heavy atom. The van der Waals surface area contributed by atoms with E-state index in [2.05, 4.69) is 21.3 Å². The zero-order chi connectivity index (χ0) is 20.4. The number of nitrogens with zero attached hydrogens (tertiary/aromatic N) is 5. The highest BCUT2D eigenvalue weighted by atomic mass is 16.3. The first-order valence-corrected chi connectivity index (χ1v) is 9.35. The van der Waals surface area contributed by atoms with Crippen LogP contribution in [0.4, 0.5) is 0 Å². The maximum atomic E-state index is 10.7. The minimum Gasteiger partial charge on any atom is -0.494 e. The summed E-state index contributed by atoms with van der Waals surface area (Å²) in [5.41, 5.74) is 4.82. The molecule has 0 saturated carbocycles. The van der Waals surface area contributed by atoms with Gasteiger partial charge >= 0.3 is 6.01 Å². The molecule has 4 aromatic rings. The van der Waals surface area contributed by atoms with Gasteiger partial charge in [-0.2, -0.15) is 9.66 Å². The predicted molar refractivity (Wildman–Crippen MR) is 108 cm³/mol. The molecule has 7 heteroatoms. The number of nitriles is 1. The van der Waals surface area contributed by atoms with Gasteiger partial charge in [-0.05, 0) is 29.2 Å². The third kappa shape index (κ3) is 3.36. The van der Waals surface area contributed by atoms with Crippen molar-refractivity contribution in [3.8, 4) is 29.1 Å². The van der Waals surface area contributed by atoms with Gasteiger partial charge in [-0.15, -0.1) is 5.10 Å². The van der Waals surface area contributed by atoms with Gasteiger partial charge in [0.1, 0.15) is 0 Å². The van der Waals surface area contributed by atoms with Crippen LogP contribution in [0.2, 0.25) is 0 Å². The molecule has 0 saturated heterocycles. The number of aromatic hydroxyl groups is 2. The maximum absolute atomic E-state index is 10.7. The van der Waals surface area contributed by atoms with E-state index in [0.29, 0.717) is 24.0 Å². The highest BCUT2D eigenvalue weighted by molar-refractivity contribution is 5.70. The van der Waals surface area contributed by atoms with Gasteiger partial charge in [0, 0.05) is 12.0 Å². The third-order valence-corrected chi connectivity index (χ3v) is 4.87. The molecule has 0 bridgehead atoms. The standard InChI is InChI=1S/C22H19N5O2/c1-2-5-19-18(20(28)27-21(24-19)25-26-22(27)29)12-14-8-10-15(11-9-14)17-7-4-3-6-16(17)13-23/h3-4,6-11,28H,2,5,12H2,1H3,(H,26,29). The number of hydrogen-bond acceptors (Lipinski definition) is 6. The van der Waals surface area contributed by atoms with E-state index < -0.39 is 6.01 Å². The molecule has 0 aliphatic heterocycles. The van der Waals surface area contributed by atoms with Crippen molar-refractivity contribution in [2.24, 2.45) is 0 Å². The van der Waals surface area contributed by atoms with Gasteiger partial charge in [-0.1, -0.05) is 60.9 Å². The van der Waals surface area contributed by atoms with Crippen molar-refractivity contribution in [2.75, 3.05) is 0 Å². The molecule has 0 aliphatic carbocycles. The monoisotopic (exact) mass is 385 g/mol. The Bertz CT molecular complexity index is 1220. The predicted octanol–water partition coefficient (Wildman–Crippen LogP) is 3.62. The van der Waals surface area contributed by atoms with E-state index in [4.69, 9.17) is 0 Å². The van der Waals surface area contributed by atoms with Gasteiger partial charge in [-0.3, -0.25) is 0 Å². The molecule has 0 atom stereocenters. The topological polar surface area (TPSA) is 107 Å². The number of aromatic nitrogens is 4. The van der Waals surface area contributed by atoms with Crippen LogP contribution in [0.5, 0.6) is 11.9 Å². The molecule has 0 aliphatic rings. The van der Waals surface area contributed by atoms with Gasteiger partial charge < -0.3 is 10.2 Å². The normalized spacial score (nSPS) is 10.9. The molecule has 4 rings (SSSR count). The van der Waals surface area contributed by atoms with Crippen LogP contribution in [-0.2, 0) is 12.8 Å². The van der Waals surface area contributed by atoms with E-state index in [1.54, 1.807) is 6.07 Å². The fourth-order valence-electron chi connectivity index (χ4n) is 3.45. The summed E-state index contributed by atoms with van der Waals surface area (Å²) < 4.78 is 1.14. The van der Waals surface area contributed by atoms with Crippen LogP contribution in [0.25, 0.3) is 16.9 Å². The van der Waals surface area contributed by atoms with Gasteiger partial charge in [0.05, 0.1) is 17.3 Å². The number of hydrogen-bond donors (Lipinski definition) is 2. The first kappa shape index (κ1) is 18.4. The molecular weight excluding hydrogens is 366 g/mol. The minimum atomic E-state index is -0.391. The molecule has 2 aromatic carbocycles. The second-order valence-corrected chi connectivity index (χ2v) is 6.78. The summed E-state index contributed by atoms with van der Waals surface area (Å²) in [4.78, 5) is 4.46. The molecule has 0 radical (unpaired) electrons. The van der Waals surface area contributed by atoms with Crippen LogP contribution < -0.4 is 0 Å². The summed E-state index contributed by atoms with van der Waals surface area (Å²) >= 11 is 0. The van der Waals surface area contributed by atoms with Crippen molar-refractivity contribution >= 4 is 5.78 Å². The summed E-state index contributed by atoms with van der Waals surface area (Å²) in [5, 5.41) is 37.3. The average Bonchev–Trinajstić information content (AvgIpc) is 3.12. The van der Waals surface area contributed by atoms with E-state index >= 15 is 0 Å². The van der Waals surface area contributed by atoms with E-state index in [-0.39, 0.29) is 11.7 Å². The zero-order valence-electron chi connectivity index (χ0n) is 15.9. The molecule has 2 N–H and O–H groups in total. The van der Waals surface area contributed by atoms with Gasteiger partial charge in [0.15, 0.2) is 0 Å². The number of aryl methyl sites for hydroxylation is 1. The summed E-state index contributed by atoms with van der Waals surface area (Å²) in [7, 11) is 0. The molecule has 2 aromatic heterocycles. The SMILES string of the molecule is CCCc1nc2nnc(O)n2c(O)c1Cc1ccc(-c2ccccc2C#N)cc1. The van der Waals surface area contributed by atoms with E-state index in [9.17, 15) is 15.5 Å². The Morgan fingerprint density at radius 2 is 1.79 bits per heavy atom. The lowest BCUT2D eigenvalue weighted by Gasteiger charge is -2.12. The maximum Gasteiger partial charge on any atom is 0.323 e. The molecule has 144 valence electrons. The van der Waals surface area contributed by atoms with Crippen LogP contribution in [-0.4, -0.2) is 29.8 Å². The van der Waals surface area contributed by atoms with Gasteiger partial charge in [0.2, 0.25) is 5.88 Å². The molecule has 2 heterocycles. The van der Waals surface area contributed by atoms with Crippen LogP contribution >= 0.6 is 0 Å². The average molecular weight is 385 g/mol. The quantitative estimate of drug-likeness (QED) is 0.543. The second-order valence-electron chi connectivity index (χ2n) is 6.78. The lowest BCUT2D eigenvalue weighted by Crippen LogP contribution is -2.05. The van der Waals surface area contributed by atoms with Crippen molar-refractivity contribution in [1.29, 1.82) is 5.26 Å². The van der Waals surface area contributed by atoms with Crippen molar-refractivity contribution in [1.82, 2.24) is 19.6 Å². The van der Waals surface area contributed by atoms with Crippen molar-refractivity contribution in [3.05, 3.63) is 70.9 Å². The Kier molecular flexibility index (Phi) is 4.83. The molecule has 0 spiro atoms. The second kappa shape index (κ2) is 7.60. The van der Waals surface area contributed by atoms with Gasteiger partial charge in [0.25, 0.3) is 5.78 Å². The lowest BCUT2D eigenvalue weighted by molar-refractivity contribution is 0.388. The van der Waals surface area contributed by atoms with E-state index in [1.807, 2.05) is 49.4 Å². The van der Waals surface area contributed by atoms with Crippen molar-refractivity contribution in [3.63, 3.8) is 0 Å². The molecule has 0 amide bonds. The Balaban J connectivity index is 1.72. The largest absolute Gasteiger partial charge is 0.494 e. The molecule has 0 fully saturated rings. The zero-order valence-corrected chi connectivity index (χ0v) is 15.9. The first-order valence-electron chi connectivity index (χ1n) is 9.35. The fourth-order valence-corrected chi connectivity index (χ4v) is 3.45. The minimum absolute atomic E-state index is 0.0974. The van der Waals surface area contributed by atoms with Gasteiger partial charge in [-0.25, -0.2) is 4.98 Å². The fraction of sp³-hybridized carbons (Fsp3) is 0.182. The molecule has 29 heavy (non-hydrogen) atoms. The highest BCUT2D eigenvalue weighted by Crippen LogP contribution is 2.29. The van der Waals surface area contributed by atoms with Crippen molar-refractivity contribution < 1.29 is 10.2 Å². The highest BCUT2D eigenvalue weighted by Gasteiger charge is 2.19. The Hall–Kier alpha value is -3.92. The molecule has 0 unspecified atom stereocenters. The van der Waals surface area contributed by atoms with Crippen LogP contribution in [0.1, 0.15) is 35.7 Å². The number of rotatable bonds is 5. The van der Waals surface area contributed by atoms with Crippen LogP contribution in [0.3, 0.4) is 0 Å². The summed E-state index contributed by atoms with van der Waals surface area (Å²) in [6.45, 7) is 2.04.